The first-order valence-corrected chi connectivity index (χ1v) is 7.94. The van der Waals surface area contributed by atoms with E-state index in [-0.39, 0.29) is 18.1 Å². The highest BCUT2D eigenvalue weighted by Gasteiger charge is 2.09. The fraction of sp³-hybridized carbons (Fsp3) is 0.211. The van der Waals surface area contributed by atoms with E-state index in [1.165, 1.54) is 11.0 Å². The Morgan fingerprint density at radius 1 is 1.15 bits per heavy atom. The number of ether oxygens (including phenoxy) is 1. The van der Waals surface area contributed by atoms with Crippen LogP contribution in [0.5, 0.6) is 5.75 Å². The van der Waals surface area contributed by atoms with Crippen LogP contribution in [0.15, 0.2) is 53.6 Å². The maximum atomic E-state index is 11.6. The fourth-order valence-corrected chi connectivity index (χ4v) is 2.06. The molecule has 0 aliphatic heterocycles. The van der Waals surface area contributed by atoms with Crippen LogP contribution in [0.3, 0.4) is 0 Å². The van der Waals surface area contributed by atoms with Crippen molar-refractivity contribution >= 4 is 23.3 Å². The largest absolute Gasteiger partial charge is 0.484 e. The number of carboxylic acids is 1. The second kappa shape index (κ2) is 8.66. The molecule has 2 aromatic carbocycles. The summed E-state index contributed by atoms with van der Waals surface area (Å²) >= 11 is 0. The molecule has 0 heterocycles. The average Bonchev–Trinajstić information content (AvgIpc) is 2.64. The predicted molar refractivity (Wildman–Crippen MR) is 99.9 cm³/mol. The zero-order valence-corrected chi connectivity index (χ0v) is 14.9. The quantitative estimate of drug-likeness (QED) is 0.589. The Balaban J connectivity index is 2.11. The van der Waals surface area contributed by atoms with Crippen LogP contribution < -0.4 is 10.2 Å². The molecule has 26 heavy (non-hydrogen) atoms. The summed E-state index contributed by atoms with van der Waals surface area (Å²) in [6.07, 6.45) is 0. The number of hydrogen-bond donors (Lipinski definition) is 2. The van der Waals surface area contributed by atoms with Gasteiger partial charge in [0.1, 0.15) is 5.75 Å². The lowest BCUT2D eigenvalue weighted by atomic mass is 10.1. The predicted octanol–water partition coefficient (Wildman–Crippen LogP) is 2.69. The summed E-state index contributed by atoms with van der Waals surface area (Å²) in [5.74, 6) is -0.604. The van der Waals surface area contributed by atoms with Crippen molar-refractivity contribution in [3.05, 3.63) is 59.7 Å². The highest BCUT2D eigenvalue weighted by molar-refractivity contribution is 6.00. The van der Waals surface area contributed by atoms with Crippen molar-refractivity contribution in [3.63, 3.8) is 0 Å². The minimum absolute atomic E-state index is 0.0448. The standard InChI is InChI=1S/C19H21N3O4/c1-13(20-21-17-10-5-4-9-16(17)19(24)25)14-7-6-8-15(11-14)26-12-18(23)22(2)3/h4-11,21H,12H2,1-3H3,(H,24,25). The van der Waals surface area contributed by atoms with Gasteiger partial charge in [0.25, 0.3) is 5.91 Å². The van der Waals surface area contributed by atoms with E-state index in [9.17, 15) is 14.7 Å². The van der Waals surface area contributed by atoms with Crippen molar-refractivity contribution < 1.29 is 19.4 Å². The molecule has 2 rings (SSSR count). The maximum absolute atomic E-state index is 11.6. The molecule has 0 unspecified atom stereocenters. The molecule has 1 amide bonds. The second-order valence-electron chi connectivity index (χ2n) is 5.76. The van der Waals surface area contributed by atoms with E-state index >= 15 is 0 Å². The number of aromatic carboxylic acids is 1. The Morgan fingerprint density at radius 2 is 1.88 bits per heavy atom. The van der Waals surface area contributed by atoms with Crippen molar-refractivity contribution in [1.82, 2.24) is 4.90 Å². The number of amides is 1. The van der Waals surface area contributed by atoms with Crippen molar-refractivity contribution in [3.8, 4) is 5.75 Å². The van der Waals surface area contributed by atoms with Crippen LogP contribution in [-0.4, -0.2) is 48.3 Å². The first-order chi connectivity index (χ1) is 12.4. The molecular weight excluding hydrogens is 334 g/mol. The van der Waals surface area contributed by atoms with Crippen LogP contribution in [0.25, 0.3) is 0 Å². The van der Waals surface area contributed by atoms with E-state index in [1.807, 2.05) is 6.07 Å². The van der Waals surface area contributed by atoms with Crippen LogP contribution in [0.1, 0.15) is 22.8 Å². The molecule has 0 radical (unpaired) electrons. The summed E-state index contributed by atoms with van der Waals surface area (Å²) in [5, 5.41) is 13.4. The number of hydrazone groups is 1. The van der Waals surface area contributed by atoms with E-state index in [4.69, 9.17) is 4.74 Å². The summed E-state index contributed by atoms with van der Waals surface area (Å²) in [6, 6.07) is 13.7. The van der Waals surface area contributed by atoms with Crippen molar-refractivity contribution in [1.29, 1.82) is 0 Å². The topological polar surface area (TPSA) is 91.2 Å². The molecule has 0 aliphatic rings. The van der Waals surface area contributed by atoms with Gasteiger partial charge >= 0.3 is 5.97 Å². The Hall–Kier alpha value is -3.35. The van der Waals surface area contributed by atoms with Crippen molar-refractivity contribution in [2.24, 2.45) is 5.10 Å². The third kappa shape index (κ3) is 5.07. The summed E-state index contributed by atoms with van der Waals surface area (Å²) in [4.78, 5) is 24.3. The molecule has 0 bridgehead atoms. The summed E-state index contributed by atoms with van der Waals surface area (Å²) < 4.78 is 5.49. The SMILES string of the molecule is CC(=NNc1ccccc1C(=O)O)c1cccc(OCC(=O)N(C)C)c1. The number of para-hydroxylation sites is 1. The molecule has 0 spiro atoms. The van der Waals surface area contributed by atoms with Gasteiger partial charge in [0, 0.05) is 19.7 Å². The maximum Gasteiger partial charge on any atom is 0.337 e. The number of rotatable bonds is 7. The first-order valence-electron chi connectivity index (χ1n) is 7.94. The van der Waals surface area contributed by atoms with E-state index in [0.29, 0.717) is 17.1 Å². The Kier molecular flexibility index (Phi) is 6.32. The number of hydrogen-bond acceptors (Lipinski definition) is 5. The number of carboxylic acid groups (broad SMARTS) is 1. The van der Waals surface area contributed by atoms with E-state index < -0.39 is 5.97 Å². The zero-order valence-electron chi connectivity index (χ0n) is 14.9. The molecule has 136 valence electrons. The molecule has 7 nitrogen and oxygen atoms in total. The van der Waals surface area contributed by atoms with Gasteiger partial charge in [-0.05, 0) is 31.2 Å². The molecule has 0 saturated heterocycles. The average molecular weight is 355 g/mol. The minimum Gasteiger partial charge on any atom is -0.484 e. The third-order valence-electron chi connectivity index (χ3n) is 3.61. The number of benzene rings is 2. The van der Waals surface area contributed by atoms with Gasteiger partial charge in [0.05, 0.1) is 17.0 Å². The number of nitrogens with one attached hydrogen (secondary N) is 1. The molecular formula is C19H21N3O4. The molecule has 0 aliphatic carbocycles. The summed E-state index contributed by atoms with van der Waals surface area (Å²) in [7, 11) is 3.33. The molecule has 7 heteroatoms. The van der Waals surface area contributed by atoms with Crippen LogP contribution in [0, 0.1) is 0 Å². The van der Waals surface area contributed by atoms with Gasteiger partial charge in [-0.1, -0.05) is 24.3 Å². The van der Waals surface area contributed by atoms with Crippen LogP contribution in [-0.2, 0) is 4.79 Å². The minimum atomic E-state index is -1.03. The summed E-state index contributed by atoms with van der Waals surface area (Å²) in [6.45, 7) is 1.75. The lowest BCUT2D eigenvalue weighted by molar-refractivity contribution is -0.130. The monoisotopic (exact) mass is 355 g/mol. The fourth-order valence-electron chi connectivity index (χ4n) is 2.06. The second-order valence-corrected chi connectivity index (χ2v) is 5.76. The Bertz CT molecular complexity index is 831. The van der Waals surface area contributed by atoms with Gasteiger partial charge in [0.15, 0.2) is 6.61 Å². The highest BCUT2D eigenvalue weighted by atomic mass is 16.5. The van der Waals surface area contributed by atoms with E-state index in [1.54, 1.807) is 57.4 Å². The summed E-state index contributed by atoms with van der Waals surface area (Å²) in [5.41, 5.74) is 4.77. The number of carbonyl (C=O) groups is 2. The van der Waals surface area contributed by atoms with Crippen LogP contribution >= 0.6 is 0 Å². The normalized spacial score (nSPS) is 11.0. The molecule has 0 saturated carbocycles. The zero-order chi connectivity index (χ0) is 19.1. The molecule has 0 atom stereocenters. The Morgan fingerprint density at radius 3 is 2.58 bits per heavy atom. The van der Waals surface area contributed by atoms with Crippen LogP contribution in [0.2, 0.25) is 0 Å². The van der Waals surface area contributed by atoms with Gasteiger partial charge in [0.2, 0.25) is 0 Å². The molecule has 0 aromatic heterocycles. The highest BCUT2D eigenvalue weighted by Crippen LogP contribution is 2.17. The molecule has 2 N–H and O–H groups in total. The number of likely N-dealkylation sites (N-methyl/N-ethyl adjacent to an activating group) is 1. The number of anilines is 1. The van der Waals surface area contributed by atoms with Gasteiger partial charge in [-0.25, -0.2) is 4.79 Å². The van der Waals surface area contributed by atoms with E-state index in [0.717, 1.165) is 5.56 Å². The molecule has 0 fully saturated rings. The smallest absolute Gasteiger partial charge is 0.337 e. The lowest BCUT2D eigenvalue weighted by Gasteiger charge is -2.12. The lowest BCUT2D eigenvalue weighted by Crippen LogP contribution is -2.27. The van der Waals surface area contributed by atoms with Crippen LogP contribution in [0.4, 0.5) is 5.69 Å². The van der Waals surface area contributed by atoms with Gasteiger partial charge in [-0.2, -0.15) is 5.10 Å². The number of carbonyl (C=O) groups excluding carboxylic acids is 1. The first kappa shape index (κ1) is 19.0. The third-order valence-corrected chi connectivity index (χ3v) is 3.61. The van der Waals surface area contributed by atoms with E-state index in [2.05, 4.69) is 10.5 Å². The van der Waals surface area contributed by atoms with Crippen molar-refractivity contribution in [2.75, 3.05) is 26.1 Å². The molecule has 2 aromatic rings. The van der Waals surface area contributed by atoms with Crippen molar-refractivity contribution in [2.45, 2.75) is 6.92 Å². The Labute approximate surface area is 151 Å². The number of nitrogens with zero attached hydrogens (tertiary/aromatic N) is 2. The van der Waals surface area contributed by atoms with Gasteiger partial charge < -0.3 is 14.7 Å². The van der Waals surface area contributed by atoms with Gasteiger partial charge in [-0.3, -0.25) is 10.2 Å². The van der Waals surface area contributed by atoms with Gasteiger partial charge in [-0.15, -0.1) is 0 Å².